The van der Waals surface area contributed by atoms with Gasteiger partial charge in [-0.2, -0.15) is 0 Å². The van der Waals surface area contributed by atoms with Crippen LogP contribution in [-0.2, 0) is 4.79 Å². The number of para-hydroxylation sites is 1. The highest BCUT2D eigenvalue weighted by molar-refractivity contribution is 5.85. The first-order chi connectivity index (χ1) is 11.5. The Morgan fingerprint density at radius 1 is 1.12 bits per heavy atom. The molecule has 1 N–H and O–H groups in total. The Kier molecular flexibility index (Phi) is 4.21. The maximum absolute atomic E-state index is 12.5. The molecular weight excluding hydrogens is 304 g/mol. The molecule has 1 aromatic heterocycles. The fourth-order valence-electron chi connectivity index (χ4n) is 2.93. The monoisotopic (exact) mass is 322 g/mol. The van der Waals surface area contributed by atoms with Gasteiger partial charge < -0.3 is 9.52 Å². The van der Waals surface area contributed by atoms with Crippen molar-refractivity contribution in [1.82, 2.24) is 0 Å². The van der Waals surface area contributed by atoms with Crippen molar-refractivity contribution in [2.45, 2.75) is 26.2 Å². The van der Waals surface area contributed by atoms with Crippen molar-refractivity contribution in [3.8, 4) is 5.75 Å². The SMILES string of the molecule is CC(=O)CC(c1ccc(C)cc1)c1c(O)c2ccccc2oc1=O. The molecule has 0 aliphatic rings. The van der Waals surface area contributed by atoms with Crippen molar-refractivity contribution in [2.24, 2.45) is 0 Å². The number of Topliss-reactive ketones (excluding diaryl/α,β-unsaturated/α-hetero) is 1. The second kappa shape index (κ2) is 6.32. The van der Waals surface area contributed by atoms with Crippen molar-refractivity contribution in [3.05, 3.63) is 75.6 Å². The molecule has 1 atom stereocenters. The van der Waals surface area contributed by atoms with Crippen LogP contribution >= 0.6 is 0 Å². The number of hydrogen-bond acceptors (Lipinski definition) is 4. The molecule has 3 rings (SSSR count). The Hall–Kier alpha value is -2.88. The van der Waals surface area contributed by atoms with Gasteiger partial charge in [0.25, 0.3) is 0 Å². The third-order valence-corrected chi connectivity index (χ3v) is 4.14. The summed E-state index contributed by atoms with van der Waals surface area (Å²) in [5, 5.41) is 11.1. The average Bonchev–Trinajstić information content (AvgIpc) is 2.54. The van der Waals surface area contributed by atoms with Crippen LogP contribution in [0.5, 0.6) is 5.75 Å². The number of benzene rings is 2. The van der Waals surface area contributed by atoms with E-state index < -0.39 is 11.5 Å². The molecular formula is C20H18O4. The van der Waals surface area contributed by atoms with Crippen LogP contribution in [0.1, 0.15) is 36.0 Å². The quantitative estimate of drug-likeness (QED) is 0.739. The molecule has 2 aromatic carbocycles. The molecule has 0 bridgehead atoms. The molecule has 1 heterocycles. The lowest BCUT2D eigenvalue weighted by Gasteiger charge is -2.17. The van der Waals surface area contributed by atoms with Gasteiger partial charge in [0.15, 0.2) is 0 Å². The minimum absolute atomic E-state index is 0.0625. The van der Waals surface area contributed by atoms with E-state index in [4.69, 9.17) is 4.42 Å². The Morgan fingerprint density at radius 2 is 1.79 bits per heavy atom. The normalized spacial score (nSPS) is 12.2. The molecule has 0 spiro atoms. The molecule has 1 unspecified atom stereocenters. The molecule has 0 radical (unpaired) electrons. The molecule has 0 aliphatic heterocycles. The number of aryl methyl sites for hydroxylation is 1. The summed E-state index contributed by atoms with van der Waals surface area (Å²) < 4.78 is 5.35. The van der Waals surface area contributed by atoms with Crippen molar-refractivity contribution < 1.29 is 14.3 Å². The molecule has 0 amide bonds. The van der Waals surface area contributed by atoms with E-state index in [1.54, 1.807) is 24.3 Å². The lowest BCUT2D eigenvalue weighted by atomic mass is 9.86. The van der Waals surface area contributed by atoms with Crippen LogP contribution in [0.25, 0.3) is 11.0 Å². The summed E-state index contributed by atoms with van der Waals surface area (Å²) in [4.78, 5) is 24.2. The maximum atomic E-state index is 12.5. The summed E-state index contributed by atoms with van der Waals surface area (Å²) in [5.41, 5.74) is 1.73. The second-order valence-electron chi connectivity index (χ2n) is 6.02. The van der Waals surface area contributed by atoms with Crippen molar-refractivity contribution in [1.29, 1.82) is 0 Å². The van der Waals surface area contributed by atoms with Crippen LogP contribution < -0.4 is 5.63 Å². The summed E-state index contributed by atoms with van der Waals surface area (Å²) in [6, 6.07) is 14.4. The Bertz CT molecular complexity index is 952. The fraction of sp³-hybridized carbons (Fsp3) is 0.200. The summed E-state index contributed by atoms with van der Waals surface area (Å²) in [6.45, 7) is 3.44. The highest BCUT2D eigenvalue weighted by Gasteiger charge is 2.25. The lowest BCUT2D eigenvalue weighted by Crippen LogP contribution is -2.16. The molecule has 0 aliphatic carbocycles. The molecule has 0 saturated heterocycles. The van der Waals surface area contributed by atoms with E-state index in [0.29, 0.717) is 11.0 Å². The predicted molar refractivity (Wildman–Crippen MR) is 92.5 cm³/mol. The van der Waals surface area contributed by atoms with Gasteiger partial charge >= 0.3 is 5.63 Å². The number of rotatable bonds is 4. The second-order valence-corrected chi connectivity index (χ2v) is 6.02. The summed E-state index contributed by atoms with van der Waals surface area (Å²) in [5.74, 6) is -0.717. The van der Waals surface area contributed by atoms with Gasteiger partial charge in [0.05, 0.1) is 10.9 Å². The summed E-state index contributed by atoms with van der Waals surface area (Å²) >= 11 is 0. The van der Waals surface area contributed by atoms with Gasteiger partial charge in [-0.3, -0.25) is 4.79 Å². The van der Waals surface area contributed by atoms with Crippen molar-refractivity contribution in [3.63, 3.8) is 0 Å². The first kappa shape index (κ1) is 16.0. The zero-order valence-corrected chi connectivity index (χ0v) is 13.6. The van der Waals surface area contributed by atoms with Crippen LogP contribution in [0, 0.1) is 6.92 Å². The van der Waals surface area contributed by atoms with Gasteiger partial charge in [-0.25, -0.2) is 4.79 Å². The zero-order valence-electron chi connectivity index (χ0n) is 13.6. The lowest BCUT2D eigenvalue weighted by molar-refractivity contribution is -0.117. The van der Waals surface area contributed by atoms with Crippen molar-refractivity contribution >= 4 is 16.8 Å². The minimum atomic E-state index is -0.613. The fourth-order valence-corrected chi connectivity index (χ4v) is 2.93. The molecule has 3 aromatic rings. The molecule has 122 valence electrons. The Balaban J connectivity index is 2.24. The topological polar surface area (TPSA) is 67.5 Å². The van der Waals surface area contributed by atoms with Crippen LogP contribution in [0.4, 0.5) is 0 Å². The van der Waals surface area contributed by atoms with Gasteiger partial charge in [-0.1, -0.05) is 42.0 Å². The van der Waals surface area contributed by atoms with E-state index in [-0.39, 0.29) is 23.5 Å². The number of carbonyl (C=O) groups excluding carboxylic acids is 1. The van der Waals surface area contributed by atoms with Gasteiger partial charge in [0.1, 0.15) is 17.1 Å². The van der Waals surface area contributed by atoms with Gasteiger partial charge in [-0.15, -0.1) is 0 Å². The Labute approximate surface area is 139 Å². The third-order valence-electron chi connectivity index (χ3n) is 4.14. The van der Waals surface area contributed by atoms with E-state index in [0.717, 1.165) is 11.1 Å². The largest absolute Gasteiger partial charge is 0.507 e. The average molecular weight is 322 g/mol. The standard InChI is InChI=1S/C20H18O4/c1-12-7-9-14(10-8-12)16(11-13(2)21)18-19(22)15-5-3-4-6-17(15)24-20(18)23/h3-10,16,22H,11H2,1-2H3. The van der Waals surface area contributed by atoms with Crippen LogP contribution in [0.3, 0.4) is 0 Å². The number of hydrogen-bond donors (Lipinski definition) is 1. The van der Waals surface area contributed by atoms with Gasteiger partial charge in [-0.05, 0) is 31.5 Å². The highest BCUT2D eigenvalue weighted by Crippen LogP contribution is 2.36. The highest BCUT2D eigenvalue weighted by atomic mass is 16.4. The van der Waals surface area contributed by atoms with Crippen LogP contribution in [0.15, 0.2) is 57.7 Å². The Morgan fingerprint density at radius 3 is 2.46 bits per heavy atom. The van der Waals surface area contributed by atoms with E-state index in [1.165, 1.54) is 6.92 Å². The zero-order chi connectivity index (χ0) is 17.3. The van der Waals surface area contributed by atoms with Gasteiger partial charge in [0, 0.05) is 12.3 Å². The smallest absolute Gasteiger partial charge is 0.343 e. The predicted octanol–water partition coefficient (Wildman–Crippen LogP) is 3.92. The number of carbonyl (C=O) groups is 1. The molecule has 0 saturated carbocycles. The number of fused-ring (bicyclic) bond motifs is 1. The van der Waals surface area contributed by atoms with E-state index in [1.807, 2.05) is 31.2 Å². The van der Waals surface area contributed by atoms with E-state index in [2.05, 4.69) is 0 Å². The molecule has 4 nitrogen and oxygen atoms in total. The number of ketones is 1. The first-order valence-corrected chi connectivity index (χ1v) is 7.78. The van der Waals surface area contributed by atoms with E-state index in [9.17, 15) is 14.7 Å². The minimum Gasteiger partial charge on any atom is -0.507 e. The first-order valence-electron chi connectivity index (χ1n) is 7.78. The van der Waals surface area contributed by atoms with Crippen molar-refractivity contribution in [2.75, 3.05) is 0 Å². The number of aromatic hydroxyl groups is 1. The van der Waals surface area contributed by atoms with Gasteiger partial charge in [0.2, 0.25) is 0 Å². The third kappa shape index (κ3) is 2.95. The van der Waals surface area contributed by atoms with E-state index >= 15 is 0 Å². The molecule has 4 heteroatoms. The maximum Gasteiger partial charge on any atom is 0.343 e. The molecule has 24 heavy (non-hydrogen) atoms. The summed E-state index contributed by atoms with van der Waals surface area (Å²) in [6.07, 6.45) is 0.125. The summed E-state index contributed by atoms with van der Waals surface area (Å²) in [7, 11) is 0. The molecule has 0 fully saturated rings. The van der Waals surface area contributed by atoms with Crippen LogP contribution in [-0.4, -0.2) is 10.9 Å². The van der Waals surface area contributed by atoms with Crippen LogP contribution in [0.2, 0.25) is 0 Å².